The van der Waals surface area contributed by atoms with E-state index < -0.39 is 5.82 Å². The van der Waals surface area contributed by atoms with Gasteiger partial charge in [0.15, 0.2) is 11.6 Å². The molecule has 4 nitrogen and oxygen atoms in total. The second kappa shape index (κ2) is 7.61. The Labute approximate surface area is 149 Å². The topological polar surface area (TPSA) is 51.2 Å². The van der Waals surface area contributed by atoms with Crippen molar-refractivity contribution in [2.75, 3.05) is 7.11 Å². The van der Waals surface area contributed by atoms with Crippen LogP contribution in [0, 0.1) is 5.82 Å². The summed E-state index contributed by atoms with van der Waals surface area (Å²) in [6.07, 6.45) is 0.942. The molecule has 0 aliphatic rings. The van der Waals surface area contributed by atoms with Crippen LogP contribution < -0.4 is 10.1 Å². The van der Waals surface area contributed by atoms with Crippen LogP contribution in [-0.4, -0.2) is 18.0 Å². The Hall–Kier alpha value is -2.47. The van der Waals surface area contributed by atoms with Gasteiger partial charge in [0.05, 0.1) is 28.4 Å². The van der Waals surface area contributed by atoms with Gasteiger partial charge in [-0.25, -0.2) is 9.37 Å². The summed E-state index contributed by atoms with van der Waals surface area (Å²) < 4.78 is 19.8. The summed E-state index contributed by atoms with van der Waals surface area (Å²) in [5.41, 5.74) is 1.66. The number of methoxy groups -OCH3 is 1. The maximum Gasteiger partial charge on any atom is 0.220 e. The zero-order valence-electron chi connectivity index (χ0n) is 14.1. The quantitative estimate of drug-likeness (QED) is 0.716. The first-order valence-corrected chi connectivity index (χ1v) is 8.85. The highest BCUT2D eigenvalue weighted by Gasteiger charge is 2.13. The van der Waals surface area contributed by atoms with Crippen molar-refractivity contribution in [3.63, 3.8) is 0 Å². The Morgan fingerprint density at radius 1 is 1.32 bits per heavy atom. The van der Waals surface area contributed by atoms with Gasteiger partial charge in [-0.3, -0.25) is 4.79 Å². The minimum Gasteiger partial charge on any atom is -0.494 e. The maximum atomic E-state index is 13.8. The van der Waals surface area contributed by atoms with Gasteiger partial charge in [0, 0.05) is 12.8 Å². The summed E-state index contributed by atoms with van der Waals surface area (Å²) in [6, 6.07) is 12.3. The van der Waals surface area contributed by atoms with Gasteiger partial charge in [-0.15, -0.1) is 11.3 Å². The summed E-state index contributed by atoms with van der Waals surface area (Å²) in [5, 5.41) is 3.84. The molecule has 0 bridgehead atoms. The van der Waals surface area contributed by atoms with Gasteiger partial charge in [-0.1, -0.05) is 18.2 Å². The number of hydrogen-bond acceptors (Lipinski definition) is 4. The second-order valence-electron chi connectivity index (χ2n) is 5.76. The Bertz CT molecular complexity index is 861. The number of carbonyl (C=O) groups excluding carboxylic acids is 1. The molecule has 0 fully saturated rings. The van der Waals surface area contributed by atoms with E-state index in [1.54, 1.807) is 23.5 Å². The number of thiazole rings is 1. The fourth-order valence-electron chi connectivity index (χ4n) is 2.60. The van der Waals surface area contributed by atoms with E-state index in [0.717, 1.165) is 15.2 Å². The fourth-order valence-corrected chi connectivity index (χ4v) is 3.56. The van der Waals surface area contributed by atoms with Crippen molar-refractivity contribution in [1.29, 1.82) is 0 Å². The molecular weight excluding hydrogens is 339 g/mol. The van der Waals surface area contributed by atoms with Crippen molar-refractivity contribution < 1.29 is 13.9 Å². The molecule has 1 aromatic heterocycles. The Balaban J connectivity index is 1.57. The lowest BCUT2D eigenvalue weighted by atomic mass is 10.1. The number of hydrogen-bond donors (Lipinski definition) is 1. The summed E-state index contributed by atoms with van der Waals surface area (Å²) >= 11 is 1.61. The van der Waals surface area contributed by atoms with E-state index in [9.17, 15) is 9.18 Å². The first-order chi connectivity index (χ1) is 12.1. The number of aryl methyl sites for hydroxylation is 1. The van der Waals surface area contributed by atoms with Crippen molar-refractivity contribution in [3.05, 3.63) is 58.9 Å². The van der Waals surface area contributed by atoms with Crippen LogP contribution in [0.4, 0.5) is 4.39 Å². The molecule has 6 heteroatoms. The summed E-state index contributed by atoms with van der Waals surface area (Å²) in [6.45, 7) is 1.83. The molecule has 3 aromatic rings. The second-order valence-corrected chi connectivity index (χ2v) is 6.87. The third-order valence-corrected chi connectivity index (χ3v) is 5.05. The van der Waals surface area contributed by atoms with Crippen molar-refractivity contribution in [1.82, 2.24) is 10.3 Å². The number of nitrogens with zero attached hydrogens (tertiary/aromatic N) is 1. The van der Waals surface area contributed by atoms with Crippen LogP contribution >= 0.6 is 11.3 Å². The lowest BCUT2D eigenvalue weighted by Crippen LogP contribution is -2.26. The molecule has 1 heterocycles. The lowest BCUT2D eigenvalue weighted by Gasteiger charge is -2.15. The zero-order valence-corrected chi connectivity index (χ0v) is 14.9. The molecule has 0 unspecified atom stereocenters. The number of para-hydroxylation sites is 1. The van der Waals surface area contributed by atoms with Gasteiger partial charge < -0.3 is 10.1 Å². The molecule has 0 aliphatic carbocycles. The molecule has 130 valence electrons. The van der Waals surface area contributed by atoms with Gasteiger partial charge >= 0.3 is 0 Å². The average molecular weight is 358 g/mol. The van der Waals surface area contributed by atoms with E-state index in [1.165, 1.54) is 13.2 Å². The normalized spacial score (nSPS) is 12.1. The average Bonchev–Trinajstić information content (AvgIpc) is 3.03. The third-order valence-electron chi connectivity index (χ3n) is 3.96. The van der Waals surface area contributed by atoms with Crippen molar-refractivity contribution >= 4 is 27.5 Å². The summed E-state index contributed by atoms with van der Waals surface area (Å²) in [5.74, 6) is -0.323. The number of ether oxygens (including phenoxy) is 1. The third kappa shape index (κ3) is 4.14. The van der Waals surface area contributed by atoms with E-state index in [2.05, 4.69) is 10.3 Å². The van der Waals surface area contributed by atoms with Gasteiger partial charge in [0.25, 0.3) is 0 Å². The summed E-state index contributed by atoms with van der Waals surface area (Å²) in [7, 11) is 1.42. The number of rotatable bonds is 6. The molecule has 3 rings (SSSR count). The molecule has 0 saturated carbocycles. The van der Waals surface area contributed by atoms with Crippen LogP contribution in [0.2, 0.25) is 0 Å². The SMILES string of the molecule is COc1ccc([C@H](C)NC(=O)CCc2nc3ccccc3s2)cc1F. The Morgan fingerprint density at radius 3 is 2.84 bits per heavy atom. The molecule has 0 saturated heterocycles. The van der Waals surface area contributed by atoms with Crippen LogP contribution in [0.5, 0.6) is 5.75 Å². The molecular formula is C19H19FN2O2S. The predicted molar refractivity (Wildman–Crippen MR) is 97.5 cm³/mol. The van der Waals surface area contributed by atoms with Crippen molar-refractivity contribution in [3.8, 4) is 5.75 Å². The van der Waals surface area contributed by atoms with E-state index in [1.807, 2.05) is 31.2 Å². The van der Waals surface area contributed by atoms with Crippen LogP contribution in [0.1, 0.15) is 30.0 Å². The number of carbonyl (C=O) groups is 1. The summed E-state index contributed by atoms with van der Waals surface area (Å²) in [4.78, 5) is 16.7. The zero-order chi connectivity index (χ0) is 17.8. The van der Waals surface area contributed by atoms with E-state index in [4.69, 9.17) is 4.74 Å². The molecule has 1 amide bonds. The number of nitrogens with one attached hydrogen (secondary N) is 1. The molecule has 2 aromatic carbocycles. The highest BCUT2D eigenvalue weighted by Crippen LogP contribution is 2.23. The van der Waals surface area contributed by atoms with Crippen LogP contribution in [0.25, 0.3) is 10.2 Å². The first-order valence-electron chi connectivity index (χ1n) is 8.04. The van der Waals surface area contributed by atoms with Crippen LogP contribution in [0.15, 0.2) is 42.5 Å². The van der Waals surface area contributed by atoms with Crippen molar-refractivity contribution in [2.45, 2.75) is 25.8 Å². The number of benzene rings is 2. The van der Waals surface area contributed by atoms with E-state index >= 15 is 0 Å². The minimum atomic E-state index is -0.435. The van der Waals surface area contributed by atoms with E-state index in [-0.39, 0.29) is 17.7 Å². The number of halogens is 1. The molecule has 25 heavy (non-hydrogen) atoms. The Kier molecular flexibility index (Phi) is 5.28. The standard InChI is InChI=1S/C19H19FN2O2S/c1-12(13-7-8-16(24-2)14(20)11-13)21-18(23)9-10-19-22-15-5-3-4-6-17(15)25-19/h3-8,11-12H,9-10H2,1-2H3,(H,21,23)/t12-/m0/s1. The Morgan fingerprint density at radius 2 is 2.12 bits per heavy atom. The van der Waals surface area contributed by atoms with E-state index in [0.29, 0.717) is 18.4 Å². The van der Waals surface area contributed by atoms with Gasteiger partial charge in [0.1, 0.15) is 0 Å². The minimum absolute atomic E-state index is 0.0806. The maximum absolute atomic E-state index is 13.8. The van der Waals surface area contributed by atoms with Gasteiger partial charge in [0.2, 0.25) is 5.91 Å². The van der Waals surface area contributed by atoms with Gasteiger partial charge in [-0.05, 0) is 36.8 Å². The molecule has 0 radical (unpaired) electrons. The van der Waals surface area contributed by atoms with Crippen molar-refractivity contribution in [2.24, 2.45) is 0 Å². The number of amides is 1. The number of fused-ring (bicyclic) bond motifs is 1. The first kappa shape index (κ1) is 17.4. The largest absolute Gasteiger partial charge is 0.494 e. The van der Waals surface area contributed by atoms with Crippen LogP contribution in [0.3, 0.4) is 0 Å². The highest BCUT2D eigenvalue weighted by atomic mass is 32.1. The monoisotopic (exact) mass is 358 g/mol. The van der Waals surface area contributed by atoms with Gasteiger partial charge in [-0.2, -0.15) is 0 Å². The number of aromatic nitrogens is 1. The molecule has 1 N–H and O–H groups in total. The highest BCUT2D eigenvalue weighted by molar-refractivity contribution is 7.18. The molecule has 1 atom stereocenters. The smallest absolute Gasteiger partial charge is 0.220 e. The lowest BCUT2D eigenvalue weighted by molar-refractivity contribution is -0.121. The fraction of sp³-hybridized carbons (Fsp3) is 0.263. The van der Waals surface area contributed by atoms with Crippen LogP contribution in [-0.2, 0) is 11.2 Å². The molecule has 0 aliphatic heterocycles. The molecule has 0 spiro atoms. The predicted octanol–water partition coefficient (Wildman–Crippen LogP) is 4.25.